The maximum atomic E-state index is 12.6. The van der Waals surface area contributed by atoms with Crippen molar-refractivity contribution in [2.24, 2.45) is 0 Å². The Kier molecular flexibility index (Phi) is 5.93. The third-order valence-electron chi connectivity index (χ3n) is 4.48. The first-order valence-electron chi connectivity index (χ1n) is 8.97. The van der Waals surface area contributed by atoms with E-state index in [9.17, 15) is 14.4 Å². The first-order valence-corrected chi connectivity index (χ1v) is 8.97. The highest BCUT2D eigenvalue weighted by atomic mass is 16.5. The molecule has 0 aromatic heterocycles. The van der Waals surface area contributed by atoms with Gasteiger partial charge in [0, 0.05) is 6.42 Å². The number of hydrogen-bond donors (Lipinski definition) is 1. The number of methoxy groups -OCH3 is 1. The summed E-state index contributed by atoms with van der Waals surface area (Å²) < 4.78 is 10.4. The van der Waals surface area contributed by atoms with Gasteiger partial charge in [0.25, 0.3) is 5.91 Å². The molecule has 0 saturated heterocycles. The van der Waals surface area contributed by atoms with Gasteiger partial charge in [-0.25, -0.2) is 4.79 Å². The van der Waals surface area contributed by atoms with Crippen LogP contribution in [0.3, 0.4) is 0 Å². The lowest BCUT2D eigenvalue weighted by atomic mass is 10.1. The Hall–Kier alpha value is -3.35. The van der Waals surface area contributed by atoms with Crippen LogP contribution in [0.5, 0.6) is 5.75 Å². The minimum Gasteiger partial charge on any atom is -0.479 e. The lowest BCUT2D eigenvalue weighted by Gasteiger charge is -2.32. The average Bonchev–Trinajstić information content (AvgIpc) is 2.71. The van der Waals surface area contributed by atoms with Crippen LogP contribution in [-0.2, 0) is 25.5 Å². The molecule has 1 unspecified atom stereocenters. The molecule has 28 heavy (non-hydrogen) atoms. The van der Waals surface area contributed by atoms with Crippen LogP contribution in [-0.4, -0.2) is 43.6 Å². The predicted molar refractivity (Wildman–Crippen MR) is 103 cm³/mol. The molecule has 3 rings (SSSR count). The second-order valence-electron chi connectivity index (χ2n) is 6.49. The quantitative estimate of drug-likeness (QED) is 0.769. The maximum absolute atomic E-state index is 12.6. The van der Waals surface area contributed by atoms with E-state index in [1.54, 1.807) is 31.2 Å². The van der Waals surface area contributed by atoms with E-state index < -0.39 is 24.0 Å². The largest absolute Gasteiger partial charge is 0.479 e. The van der Waals surface area contributed by atoms with Gasteiger partial charge in [0.2, 0.25) is 5.91 Å². The molecule has 0 radical (unpaired) electrons. The summed E-state index contributed by atoms with van der Waals surface area (Å²) in [7, 11) is 1.27. The average molecular weight is 382 g/mol. The van der Waals surface area contributed by atoms with Gasteiger partial charge in [0.05, 0.1) is 12.8 Å². The zero-order valence-electron chi connectivity index (χ0n) is 15.8. The second kappa shape index (κ2) is 8.56. The molecule has 7 heteroatoms. The Labute approximate surface area is 163 Å². The van der Waals surface area contributed by atoms with E-state index in [-0.39, 0.29) is 12.5 Å². The van der Waals surface area contributed by atoms with Crippen molar-refractivity contribution in [2.45, 2.75) is 25.5 Å². The summed E-state index contributed by atoms with van der Waals surface area (Å²) in [5.41, 5.74) is 1.41. The highest BCUT2D eigenvalue weighted by molar-refractivity contribution is 6.04. The summed E-state index contributed by atoms with van der Waals surface area (Å²) in [5, 5.41) is 2.68. The van der Waals surface area contributed by atoms with E-state index in [4.69, 9.17) is 9.47 Å². The summed E-state index contributed by atoms with van der Waals surface area (Å²) >= 11 is 0. The van der Waals surface area contributed by atoms with Crippen molar-refractivity contribution in [1.29, 1.82) is 0 Å². The third-order valence-corrected chi connectivity index (χ3v) is 4.48. The van der Waals surface area contributed by atoms with Crippen LogP contribution in [0.4, 0.5) is 5.69 Å². The smallest absolute Gasteiger partial charge is 0.328 e. The first kappa shape index (κ1) is 19.4. The molecular formula is C21H22N2O5. The van der Waals surface area contributed by atoms with Crippen LogP contribution in [0, 0.1) is 0 Å². The van der Waals surface area contributed by atoms with Crippen molar-refractivity contribution < 1.29 is 23.9 Å². The number of ether oxygens (including phenoxy) is 2. The highest BCUT2D eigenvalue weighted by Crippen LogP contribution is 2.33. The molecular weight excluding hydrogens is 360 g/mol. The maximum Gasteiger partial charge on any atom is 0.328 e. The van der Waals surface area contributed by atoms with Crippen molar-refractivity contribution >= 4 is 23.5 Å². The molecule has 2 aromatic rings. The number of carbonyl (C=O) groups excluding carboxylic acids is 3. The lowest BCUT2D eigenvalue weighted by Crippen LogP contribution is -2.51. The standard InChI is InChI=1S/C21H22N2O5/c1-14-20(25)23(17-10-6-7-11-18(17)28-14)13-19(24)22-16(21(26)27-2)12-15-8-4-3-5-9-15/h3-11,14,16H,12-13H2,1-2H3,(H,22,24)/t14?,16-/m0/s1. The number of amides is 2. The molecule has 0 aliphatic carbocycles. The molecule has 0 saturated carbocycles. The van der Waals surface area contributed by atoms with Gasteiger partial charge in [-0.15, -0.1) is 0 Å². The Morgan fingerprint density at radius 2 is 1.82 bits per heavy atom. The molecule has 2 aromatic carbocycles. The van der Waals surface area contributed by atoms with Crippen molar-refractivity contribution in [2.75, 3.05) is 18.6 Å². The molecule has 1 N–H and O–H groups in total. The Morgan fingerprint density at radius 1 is 1.14 bits per heavy atom. The van der Waals surface area contributed by atoms with E-state index in [2.05, 4.69) is 5.32 Å². The molecule has 1 aliphatic rings. The van der Waals surface area contributed by atoms with E-state index in [0.717, 1.165) is 5.56 Å². The molecule has 7 nitrogen and oxygen atoms in total. The number of rotatable bonds is 6. The summed E-state index contributed by atoms with van der Waals surface area (Å²) in [4.78, 5) is 38.7. The number of fused-ring (bicyclic) bond motifs is 1. The van der Waals surface area contributed by atoms with Gasteiger partial charge in [-0.05, 0) is 24.6 Å². The lowest BCUT2D eigenvalue weighted by molar-refractivity contribution is -0.144. The number of para-hydroxylation sites is 2. The van der Waals surface area contributed by atoms with E-state index >= 15 is 0 Å². The minimum absolute atomic E-state index is 0.216. The second-order valence-corrected chi connectivity index (χ2v) is 6.49. The fraction of sp³-hybridized carbons (Fsp3) is 0.286. The fourth-order valence-electron chi connectivity index (χ4n) is 3.09. The normalized spacial score (nSPS) is 16.6. The van der Waals surface area contributed by atoms with Crippen molar-refractivity contribution in [3.05, 3.63) is 60.2 Å². The van der Waals surface area contributed by atoms with Crippen LogP contribution in [0.15, 0.2) is 54.6 Å². The summed E-state index contributed by atoms with van der Waals surface area (Å²) in [6.45, 7) is 1.42. The van der Waals surface area contributed by atoms with Crippen molar-refractivity contribution in [3.8, 4) is 5.75 Å². The molecule has 2 amide bonds. The van der Waals surface area contributed by atoms with Crippen molar-refractivity contribution in [3.63, 3.8) is 0 Å². The number of nitrogens with zero attached hydrogens (tertiary/aromatic N) is 1. The summed E-state index contributed by atoms with van der Waals surface area (Å²) in [5.74, 6) is -0.773. The number of hydrogen-bond acceptors (Lipinski definition) is 5. The molecule has 0 bridgehead atoms. The van der Waals surface area contributed by atoms with Crippen LogP contribution >= 0.6 is 0 Å². The molecule has 146 valence electrons. The Morgan fingerprint density at radius 3 is 2.54 bits per heavy atom. The number of benzene rings is 2. The predicted octanol–water partition coefficient (Wildman–Crippen LogP) is 1.70. The van der Waals surface area contributed by atoms with Gasteiger partial charge in [0.1, 0.15) is 18.3 Å². The monoisotopic (exact) mass is 382 g/mol. The van der Waals surface area contributed by atoms with Crippen LogP contribution in [0.1, 0.15) is 12.5 Å². The van der Waals surface area contributed by atoms with Gasteiger partial charge in [-0.3, -0.25) is 14.5 Å². The minimum atomic E-state index is -0.844. The number of carbonyl (C=O) groups is 3. The van der Waals surface area contributed by atoms with E-state index in [0.29, 0.717) is 17.9 Å². The fourth-order valence-corrected chi connectivity index (χ4v) is 3.09. The van der Waals surface area contributed by atoms with Gasteiger partial charge in [-0.2, -0.15) is 0 Å². The van der Waals surface area contributed by atoms with Gasteiger partial charge >= 0.3 is 5.97 Å². The van der Waals surface area contributed by atoms with Crippen LogP contribution in [0.2, 0.25) is 0 Å². The Bertz CT molecular complexity index is 868. The summed E-state index contributed by atoms with van der Waals surface area (Å²) in [6, 6.07) is 15.5. The van der Waals surface area contributed by atoms with Gasteiger partial charge in [-0.1, -0.05) is 42.5 Å². The first-order chi connectivity index (χ1) is 13.5. The topological polar surface area (TPSA) is 84.9 Å². The molecule has 2 atom stereocenters. The molecule has 0 spiro atoms. The van der Waals surface area contributed by atoms with Gasteiger partial charge < -0.3 is 14.8 Å². The Balaban J connectivity index is 1.74. The highest BCUT2D eigenvalue weighted by Gasteiger charge is 2.33. The van der Waals surface area contributed by atoms with Crippen LogP contribution < -0.4 is 15.0 Å². The van der Waals surface area contributed by atoms with E-state index in [1.807, 2.05) is 30.3 Å². The SMILES string of the molecule is COC(=O)[C@H](Cc1ccccc1)NC(=O)CN1C(=O)C(C)Oc2ccccc21. The number of nitrogens with one attached hydrogen (secondary N) is 1. The summed E-state index contributed by atoms with van der Waals surface area (Å²) in [6.07, 6.45) is -0.396. The molecule has 0 fully saturated rings. The van der Waals surface area contributed by atoms with Gasteiger partial charge in [0.15, 0.2) is 6.10 Å². The zero-order chi connectivity index (χ0) is 20.1. The zero-order valence-corrected chi connectivity index (χ0v) is 15.8. The number of anilines is 1. The third kappa shape index (κ3) is 4.31. The molecule has 1 aliphatic heterocycles. The number of esters is 1. The van der Waals surface area contributed by atoms with Crippen molar-refractivity contribution in [1.82, 2.24) is 5.32 Å². The van der Waals surface area contributed by atoms with E-state index in [1.165, 1.54) is 12.0 Å². The van der Waals surface area contributed by atoms with Crippen LogP contribution in [0.25, 0.3) is 0 Å². The molecule has 1 heterocycles.